The summed E-state index contributed by atoms with van der Waals surface area (Å²) in [7, 11) is 0. The molecule has 0 spiro atoms. The number of esters is 1. The monoisotopic (exact) mass is 239 g/mol. The van der Waals surface area contributed by atoms with Gasteiger partial charge in [0.05, 0.1) is 0 Å². The van der Waals surface area contributed by atoms with Crippen molar-refractivity contribution in [2.75, 3.05) is 0 Å². The summed E-state index contributed by atoms with van der Waals surface area (Å²) < 4.78 is 5.15. The molecule has 0 radical (unpaired) electrons. The van der Waals surface area contributed by atoms with Crippen LogP contribution < -0.4 is 5.32 Å². The number of carbonyl (C=O) groups is 2. The predicted octanol–water partition coefficient (Wildman–Crippen LogP) is 1.21. The summed E-state index contributed by atoms with van der Waals surface area (Å²) in [6, 6.07) is 0. The van der Waals surface area contributed by atoms with Gasteiger partial charge in [-0.25, -0.2) is 9.59 Å². The van der Waals surface area contributed by atoms with E-state index in [-0.39, 0.29) is 5.70 Å². The second-order valence-electron chi connectivity index (χ2n) is 5.07. The average molecular weight is 239 g/mol. The Labute approximate surface area is 100 Å². The molecule has 1 heterocycles. The minimum atomic E-state index is -1.28. The van der Waals surface area contributed by atoms with Crippen molar-refractivity contribution in [3.8, 4) is 0 Å². The van der Waals surface area contributed by atoms with Gasteiger partial charge in [0, 0.05) is 0 Å². The Kier molecular flexibility index (Phi) is 3.31. The van der Waals surface area contributed by atoms with Crippen LogP contribution in [0.4, 0.5) is 0 Å². The molecule has 0 amide bonds. The fourth-order valence-corrected chi connectivity index (χ4v) is 1.28. The molecule has 0 saturated heterocycles. The molecule has 17 heavy (non-hydrogen) atoms. The van der Waals surface area contributed by atoms with E-state index in [2.05, 4.69) is 5.32 Å². The van der Waals surface area contributed by atoms with Crippen molar-refractivity contribution < 1.29 is 19.4 Å². The molecular weight excluding hydrogens is 222 g/mol. The quantitative estimate of drug-likeness (QED) is 0.708. The second kappa shape index (κ2) is 4.24. The van der Waals surface area contributed by atoms with Crippen molar-refractivity contribution in [3.05, 3.63) is 23.9 Å². The Morgan fingerprint density at radius 3 is 2.47 bits per heavy atom. The van der Waals surface area contributed by atoms with Crippen LogP contribution in [0.3, 0.4) is 0 Å². The first-order chi connectivity index (χ1) is 7.64. The van der Waals surface area contributed by atoms with Crippen molar-refractivity contribution in [2.45, 2.75) is 38.8 Å². The Morgan fingerprint density at radius 2 is 2.00 bits per heavy atom. The zero-order valence-electron chi connectivity index (χ0n) is 10.4. The Morgan fingerprint density at radius 1 is 1.41 bits per heavy atom. The Hall–Kier alpha value is -1.78. The van der Waals surface area contributed by atoms with Gasteiger partial charge in [-0.05, 0) is 39.8 Å². The third-order valence-corrected chi connectivity index (χ3v) is 2.15. The van der Waals surface area contributed by atoms with E-state index in [0.29, 0.717) is 0 Å². The molecule has 0 fully saturated rings. The van der Waals surface area contributed by atoms with Gasteiger partial charge in [0.15, 0.2) is 5.54 Å². The van der Waals surface area contributed by atoms with Gasteiger partial charge >= 0.3 is 11.9 Å². The van der Waals surface area contributed by atoms with E-state index in [4.69, 9.17) is 9.84 Å². The van der Waals surface area contributed by atoms with E-state index in [0.717, 1.165) is 0 Å². The van der Waals surface area contributed by atoms with Crippen LogP contribution in [0.15, 0.2) is 23.9 Å². The van der Waals surface area contributed by atoms with Crippen LogP contribution in [0.1, 0.15) is 27.7 Å². The number of carbonyl (C=O) groups excluding carboxylic acids is 1. The Bertz CT molecular complexity index is 403. The van der Waals surface area contributed by atoms with Gasteiger partial charge in [-0.2, -0.15) is 0 Å². The summed E-state index contributed by atoms with van der Waals surface area (Å²) in [5, 5.41) is 11.7. The first-order valence-electron chi connectivity index (χ1n) is 5.28. The van der Waals surface area contributed by atoms with Crippen LogP contribution in [-0.4, -0.2) is 28.2 Å². The molecule has 0 aromatic rings. The number of hydrogen-bond acceptors (Lipinski definition) is 4. The summed E-state index contributed by atoms with van der Waals surface area (Å²) in [5.41, 5.74) is -1.74. The van der Waals surface area contributed by atoms with Gasteiger partial charge in [0.2, 0.25) is 0 Å². The van der Waals surface area contributed by atoms with Crippen LogP contribution in [0, 0.1) is 0 Å². The maximum atomic E-state index is 11.7. The maximum absolute atomic E-state index is 11.7. The van der Waals surface area contributed by atoms with Gasteiger partial charge in [-0.3, -0.25) is 0 Å². The number of nitrogens with one attached hydrogen (secondary N) is 1. The van der Waals surface area contributed by atoms with E-state index in [1.165, 1.54) is 25.2 Å². The summed E-state index contributed by atoms with van der Waals surface area (Å²) >= 11 is 0. The molecule has 0 saturated carbocycles. The SMILES string of the molecule is CC(C)(C)OC(=O)C1=CC=CC(C)(C(=O)O)N1. The lowest BCUT2D eigenvalue weighted by Crippen LogP contribution is -2.50. The number of allylic oxidation sites excluding steroid dienone is 2. The first kappa shape index (κ1) is 13.3. The second-order valence-corrected chi connectivity index (χ2v) is 5.07. The molecule has 5 heteroatoms. The highest BCUT2D eigenvalue weighted by Gasteiger charge is 2.34. The van der Waals surface area contributed by atoms with E-state index in [9.17, 15) is 9.59 Å². The van der Waals surface area contributed by atoms with E-state index < -0.39 is 23.1 Å². The minimum absolute atomic E-state index is 0.146. The summed E-state index contributed by atoms with van der Waals surface area (Å²) in [6.07, 6.45) is 4.51. The predicted molar refractivity (Wildman–Crippen MR) is 62.2 cm³/mol. The summed E-state index contributed by atoms with van der Waals surface area (Å²) in [4.78, 5) is 22.8. The van der Waals surface area contributed by atoms with Crippen molar-refractivity contribution >= 4 is 11.9 Å². The standard InChI is InChI=1S/C12H17NO4/c1-11(2,3)17-9(14)8-6-5-7-12(4,13-8)10(15)16/h5-7,13H,1-4H3,(H,15,16). The zero-order valence-corrected chi connectivity index (χ0v) is 10.4. The van der Waals surface area contributed by atoms with Crippen LogP contribution in [0.5, 0.6) is 0 Å². The van der Waals surface area contributed by atoms with Crippen molar-refractivity contribution in [1.82, 2.24) is 5.32 Å². The molecule has 5 nitrogen and oxygen atoms in total. The molecule has 1 aliphatic rings. The van der Waals surface area contributed by atoms with Crippen LogP contribution in [0.2, 0.25) is 0 Å². The lowest BCUT2D eigenvalue weighted by molar-refractivity contribution is -0.150. The smallest absolute Gasteiger partial charge is 0.354 e. The largest absolute Gasteiger partial charge is 0.479 e. The summed E-state index contributed by atoms with van der Waals surface area (Å²) in [6.45, 7) is 6.73. The molecular formula is C12H17NO4. The number of carboxylic acid groups (broad SMARTS) is 1. The van der Waals surface area contributed by atoms with Gasteiger partial charge in [-0.1, -0.05) is 6.08 Å². The molecule has 0 aromatic heterocycles. The topological polar surface area (TPSA) is 75.6 Å². The molecule has 1 rings (SSSR count). The Balaban J connectivity index is 2.82. The fourth-order valence-electron chi connectivity index (χ4n) is 1.28. The normalized spacial score (nSPS) is 23.6. The highest BCUT2D eigenvalue weighted by Crippen LogP contribution is 2.17. The molecule has 1 atom stereocenters. The molecule has 1 aliphatic heterocycles. The molecule has 0 bridgehead atoms. The van der Waals surface area contributed by atoms with Crippen molar-refractivity contribution in [1.29, 1.82) is 0 Å². The van der Waals surface area contributed by atoms with Crippen LogP contribution >= 0.6 is 0 Å². The van der Waals surface area contributed by atoms with E-state index in [1.807, 2.05) is 0 Å². The number of carboxylic acids is 1. The molecule has 1 unspecified atom stereocenters. The highest BCUT2D eigenvalue weighted by molar-refractivity contribution is 5.92. The molecule has 94 valence electrons. The lowest BCUT2D eigenvalue weighted by atomic mass is 9.98. The van der Waals surface area contributed by atoms with Gasteiger partial charge in [0.1, 0.15) is 11.3 Å². The van der Waals surface area contributed by atoms with E-state index in [1.54, 1.807) is 20.8 Å². The number of dihydropyridines is 1. The van der Waals surface area contributed by atoms with Crippen LogP contribution in [0.25, 0.3) is 0 Å². The summed E-state index contributed by atoms with van der Waals surface area (Å²) in [5.74, 6) is -1.61. The molecule has 0 aromatic carbocycles. The minimum Gasteiger partial charge on any atom is -0.479 e. The lowest BCUT2D eigenvalue weighted by Gasteiger charge is -2.28. The average Bonchev–Trinajstić information content (AvgIpc) is 2.15. The van der Waals surface area contributed by atoms with Crippen molar-refractivity contribution in [3.63, 3.8) is 0 Å². The molecule has 0 aliphatic carbocycles. The van der Waals surface area contributed by atoms with E-state index >= 15 is 0 Å². The van der Waals surface area contributed by atoms with Crippen LogP contribution in [-0.2, 0) is 14.3 Å². The zero-order chi connectivity index (χ0) is 13.3. The number of ether oxygens (including phenoxy) is 1. The number of aliphatic carboxylic acids is 1. The maximum Gasteiger partial charge on any atom is 0.354 e. The fraction of sp³-hybridized carbons (Fsp3) is 0.500. The third-order valence-electron chi connectivity index (χ3n) is 2.15. The number of rotatable bonds is 2. The molecule has 2 N–H and O–H groups in total. The third kappa shape index (κ3) is 3.34. The first-order valence-corrected chi connectivity index (χ1v) is 5.28. The van der Waals surface area contributed by atoms with Gasteiger partial charge in [-0.15, -0.1) is 0 Å². The number of hydrogen-bond donors (Lipinski definition) is 2. The van der Waals surface area contributed by atoms with Gasteiger partial charge < -0.3 is 15.2 Å². The van der Waals surface area contributed by atoms with Gasteiger partial charge in [0.25, 0.3) is 0 Å². The van der Waals surface area contributed by atoms with Crippen molar-refractivity contribution in [2.24, 2.45) is 0 Å². The highest BCUT2D eigenvalue weighted by atomic mass is 16.6.